The molecule has 3 heterocycles. The highest BCUT2D eigenvalue weighted by Gasteiger charge is 2.31. The number of pyridine rings is 1. The third-order valence-electron chi connectivity index (χ3n) is 7.29. The van der Waals surface area contributed by atoms with E-state index in [-0.39, 0.29) is 11.9 Å². The van der Waals surface area contributed by atoms with E-state index in [0.29, 0.717) is 42.8 Å². The van der Waals surface area contributed by atoms with Crippen molar-refractivity contribution in [2.24, 2.45) is 0 Å². The Morgan fingerprint density at radius 1 is 1.10 bits per heavy atom. The van der Waals surface area contributed by atoms with Gasteiger partial charge in [0.05, 0.1) is 28.5 Å². The molecule has 2 aromatic heterocycles. The maximum atomic E-state index is 12.6. The molecule has 4 N–H and O–H groups in total. The Hall–Kier alpha value is -3.89. The lowest BCUT2D eigenvalue weighted by atomic mass is 10.0. The van der Waals surface area contributed by atoms with Gasteiger partial charge in [-0.05, 0) is 49.2 Å². The van der Waals surface area contributed by atoms with E-state index in [9.17, 15) is 4.79 Å². The summed E-state index contributed by atoms with van der Waals surface area (Å²) in [7, 11) is -1.24. The van der Waals surface area contributed by atoms with Crippen LogP contribution in [0.4, 0.5) is 11.4 Å². The van der Waals surface area contributed by atoms with Crippen LogP contribution in [0.25, 0.3) is 22.6 Å². The van der Waals surface area contributed by atoms with Gasteiger partial charge in [0.15, 0.2) is 5.82 Å². The van der Waals surface area contributed by atoms with E-state index in [1.807, 2.05) is 29.2 Å². The van der Waals surface area contributed by atoms with Crippen molar-refractivity contribution in [1.82, 2.24) is 19.4 Å². The number of aromatic nitrogens is 3. The van der Waals surface area contributed by atoms with Gasteiger partial charge in [-0.15, -0.1) is 0 Å². The zero-order chi connectivity index (χ0) is 28.4. The zero-order valence-corrected chi connectivity index (χ0v) is 24.7. The Labute approximate surface area is 236 Å². The summed E-state index contributed by atoms with van der Waals surface area (Å²) >= 11 is 0. The summed E-state index contributed by atoms with van der Waals surface area (Å²) in [6, 6.07) is 16.0. The summed E-state index contributed by atoms with van der Waals surface area (Å²) in [6.07, 6.45) is 3.54. The van der Waals surface area contributed by atoms with Gasteiger partial charge in [-0.2, -0.15) is 0 Å². The molecule has 1 aliphatic heterocycles. The van der Waals surface area contributed by atoms with Crippen molar-refractivity contribution < 1.29 is 14.3 Å². The van der Waals surface area contributed by atoms with Crippen LogP contribution in [-0.4, -0.2) is 46.6 Å². The largest absolute Gasteiger partial charge is 0.457 e. The Balaban J connectivity index is 1.63. The van der Waals surface area contributed by atoms with E-state index < -0.39 is 8.07 Å². The molecule has 0 radical (unpaired) electrons. The van der Waals surface area contributed by atoms with E-state index in [1.165, 1.54) is 0 Å². The average molecular weight is 559 g/mol. The fourth-order valence-electron chi connectivity index (χ4n) is 5.08. The third-order valence-corrected chi connectivity index (χ3v) is 9.00. The van der Waals surface area contributed by atoms with Crippen molar-refractivity contribution in [2.75, 3.05) is 24.6 Å². The normalized spacial score (nSPS) is 15.6. The molecule has 0 aliphatic carbocycles. The van der Waals surface area contributed by atoms with Gasteiger partial charge in [-0.1, -0.05) is 25.7 Å². The van der Waals surface area contributed by atoms with Crippen LogP contribution in [0.2, 0.25) is 25.7 Å². The number of carbonyl (C=O) groups excluding carboxylic acids is 1. The summed E-state index contributed by atoms with van der Waals surface area (Å²) in [5, 5.41) is 0. The number of ether oxygens (including phenoxy) is 2. The molecule has 0 spiro atoms. The van der Waals surface area contributed by atoms with Gasteiger partial charge in [-0.3, -0.25) is 14.3 Å². The summed E-state index contributed by atoms with van der Waals surface area (Å²) < 4.78 is 14.7. The summed E-state index contributed by atoms with van der Waals surface area (Å²) in [5.74, 6) is 1.96. The van der Waals surface area contributed by atoms with E-state index in [0.717, 1.165) is 47.0 Å². The Morgan fingerprint density at radius 3 is 2.62 bits per heavy atom. The molecule has 210 valence electrons. The summed E-state index contributed by atoms with van der Waals surface area (Å²) in [5.41, 5.74) is 16.3. The second-order valence-electron chi connectivity index (χ2n) is 11.6. The van der Waals surface area contributed by atoms with Crippen LogP contribution in [0.3, 0.4) is 0 Å². The molecule has 40 heavy (non-hydrogen) atoms. The van der Waals surface area contributed by atoms with Crippen molar-refractivity contribution >= 4 is 36.4 Å². The van der Waals surface area contributed by atoms with Crippen molar-refractivity contribution in [2.45, 2.75) is 58.2 Å². The Morgan fingerprint density at radius 2 is 1.93 bits per heavy atom. The maximum absolute atomic E-state index is 12.6. The number of benzene rings is 2. The maximum Gasteiger partial charge on any atom is 0.219 e. The van der Waals surface area contributed by atoms with Gasteiger partial charge in [-0.25, -0.2) is 4.98 Å². The first-order chi connectivity index (χ1) is 19.1. The van der Waals surface area contributed by atoms with Gasteiger partial charge in [0.1, 0.15) is 23.9 Å². The number of carbonyl (C=O) groups is 1. The number of nitrogen functional groups attached to an aromatic ring is 2. The number of hydrogen-bond acceptors (Lipinski definition) is 7. The predicted octanol–water partition coefficient (Wildman–Crippen LogP) is 6.05. The van der Waals surface area contributed by atoms with Crippen LogP contribution >= 0.6 is 0 Å². The van der Waals surface area contributed by atoms with Crippen molar-refractivity contribution in [3.63, 3.8) is 0 Å². The van der Waals surface area contributed by atoms with E-state index in [1.54, 1.807) is 31.3 Å². The quantitative estimate of drug-likeness (QED) is 0.146. The molecule has 1 fully saturated rings. The van der Waals surface area contributed by atoms with Gasteiger partial charge in [0.25, 0.3) is 0 Å². The third kappa shape index (κ3) is 5.97. The second kappa shape index (κ2) is 11.3. The highest BCUT2D eigenvalue weighted by molar-refractivity contribution is 6.76. The first kappa shape index (κ1) is 27.7. The van der Waals surface area contributed by atoms with E-state index >= 15 is 0 Å². The lowest BCUT2D eigenvalue weighted by molar-refractivity contribution is -0.129. The predicted molar refractivity (Wildman–Crippen MR) is 162 cm³/mol. The summed E-state index contributed by atoms with van der Waals surface area (Å²) in [4.78, 5) is 24.0. The number of anilines is 2. The number of amides is 1. The smallest absolute Gasteiger partial charge is 0.219 e. The van der Waals surface area contributed by atoms with Crippen molar-refractivity contribution in [3.05, 3.63) is 60.3 Å². The number of nitrogens with two attached hydrogens (primary N) is 2. The van der Waals surface area contributed by atoms with Crippen molar-refractivity contribution in [3.8, 4) is 23.0 Å². The molecule has 2 aromatic carbocycles. The number of hydrogen-bond donors (Lipinski definition) is 2. The van der Waals surface area contributed by atoms with Crippen LogP contribution in [0, 0.1) is 0 Å². The van der Waals surface area contributed by atoms with Gasteiger partial charge < -0.3 is 25.8 Å². The monoisotopic (exact) mass is 558 g/mol. The van der Waals surface area contributed by atoms with Crippen LogP contribution < -0.4 is 16.2 Å². The number of rotatable bonds is 9. The molecule has 1 amide bonds. The number of nitrogens with zero attached hydrogens (tertiary/aromatic N) is 4. The molecule has 1 saturated heterocycles. The lowest BCUT2D eigenvalue weighted by Crippen LogP contribution is -2.28. The molecule has 0 bridgehead atoms. The van der Waals surface area contributed by atoms with Crippen molar-refractivity contribution in [1.29, 1.82) is 0 Å². The van der Waals surface area contributed by atoms with Crippen LogP contribution in [0.5, 0.6) is 11.5 Å². The Bertz CT molecular complexity index is 1520. The van der Waals surface area contributed by atoms with E-state index in [2.05, 4.69) is 35.3 Å². The van der Waals surface area contributed by atoms with Crippen LogP contribution in [0.1, 0.15) is 31.4 Å². The number of imidazole rings is 1. The fraction of sp³-hybridized carbons (Fsp3) is 0.367. The number of fused-ring (bicyclic) bond motifs is 1. The standard InChI is InChI=1S/C30H38N6O3Si/c1-20(37)35-13-7-9-27(35)22-17-28-26(18-29(22)39-21-10-11-23(31)24(32)16-21)34-30(25-8-5-6-12-33-25)36(28)19-38-14-15-40(2,3)4/h5-6,8,10-12,16-18,27H,7,9,13-15,19,31-32H2,1-4H3. The molecule has 0 saturated carbocycles. The molecule has 10 heteroatoms. The Kier molecular flexibility index (Phi) is 7.82. The first-order valence-corrected chi connectivity index (χ1v) is 17.4. The first-order valence-electron chi connectivity index (χ1n) is 13.7. The minimum Gasteiger partial charge on any atom is -0.457 e. The van der Waals surface area contributed by atoms with E-state index in [4.69, 9.17) is 25.9 Å². The molecule has 1 aliphatic rings. The molecule has 1 unspecified atom stereocenters. The molecule has 5 rings (SSSR count). The minimum absolute atomic E-state index is 0.0441. The SMILES string of the molecule is CC(=O)N1CCCC1c1cc2c(cc1Oc1ccc(N)c(N)c1)nc(-c1ccccn1)n2COCC[Si](C)(C)C. The molecular weight excluding hydrogens is 520 g/mol. The fourth-order valence-corrected chi connectivity index (χ4v) is 5.84. The minimum atomic E-state index is -1.24. The van der Waals surface area contributed by atoms with Crippen LogP contribution in [-0.2, 0) is 16.3 Å². The topological polar surface area (TPSA) is 122 Å². The lowest BCUT2D eigenvalue weighted by Gasteiger charge is -2.26. The van der Waals surface area contributed by atoms with Crippen LogP contribution in [0.15, 0.2) is 54.7 Å². The average Bonchev–Trinajstić information content (AvgIpc) is 3.53. The van der Waals surface area contributed by atoms with Gasteiger partial charge in [0, 0.05) is 52.0 Å². The summed E-state index contributed by atoms with van der Waals surface area (Å²) in [6.45, 7) is 10.4. The molecule has 4 aromatic rings. The molecular formula is C30H38N6O3Si. The number of likely N-dealkylation sites (tertiary alicyclic amines) is 1. The zero-order valence-electron chi connectivity index (χ0n) is 23.7. The molecule has 1 atom stereocenters. The molecule has 9 nitrogen and oxygen atoms in total. The highest BCUT2D eigenvalue weighted by atomic mass is 28.3. The second-order valence-corrected chi connectivity index (χ2v) is 17.2. The van der Waals surface area contributed by atoms with Gasteiger partial charge >= 0.3 is 0 Å². The van der Waals surface area contributed by atoms with Gasteiger partial charge in [0.2, 0.25) is 5.91 Å². The highest BCUT2D eigenvalue weighted by Crippen LogP contribution is 2.42.